The van der Waals surface area contributed by atoms with Gasteiger partial charge >= 0.3 is 0 Å². The van der Waals surface area contributed by atoms with Gasteiger partial charge in [0.25, 0.3) is 5.91 Å². The van der Waals surface area contributed by atoms with E-state index in [1.54, 1.807) is 6.08 Å². The number of allylic oxidation sites excluding steroid dienone is 2. The number of carbonyl (C=O) groups excluding carboxylic acids is 1. The first-order valence-electron chi connectivity index (χ1n) is 10.1. The molecule has 0 atom stereocenters. The van der Waals surface area contributed by atoms with Crippen LogP contribution in [0.1, 0.15) is 48.8 Å². The summed E-state index contributed by atoms with van der Waals surface area (Å²) in [6.07, 6.45) is 8.90. The number of benzene rings is 1. The van der Waals surface area contributed by atoms with E-state index in [-0.39, 0.29) is 5.91 Å². The summed E-state index contributed by atoms with van der Waals surface area (Å²) in [5, 5.41) is 0. The van der Waals surface area contributed by atoms with E-state index in [1.165, 1.54) is 25.3 Å². The number of carbonyl (C=O) groups is 1. The summed E-state index contributed by atoms with van der Waals surface area (Å²) in [4.78, 5) is 13.9. The van der Waals surface area contributed by atoms with Gasteiger partial charge in [0.05, 0.1) is 6.61 Å². The first-order valence-corrected chi connectivity index (χ1v) is 10.1. The van der Waals surface area contributed by atoms with E-state index in [1.807, 2.05) is 13.0 Å². The van der Waals surface area contributed by atoms with E-state index in [4.69, 9.17) is 15.3 Å². The number of nitrogens with two attached hydrogens (primary N) is 1. The zero-order valence-corrected chi connectivity index (χ0v) is 16.5. The van der Waals surface area contributed by atoms with Crippen LogP contribution in [0.2, 0.25) is 0 Å². The maximum Gasteiger partial charge on any atom is 0.257 e. The van der Waals surface area contributed by atoms with E-state index in [2.05, 4.69) is 23.0 Å². The lowest BCUT2D eigenvalue weighted by molar-refractivity contribution is -0.231. The Morgan fingerprint density at radius 2 is 2.07 bits per heavy atom. The van der Waals surface area contributed by atoms with Gasteiger partial charge in [-0.3, -0.25) is 15.1 Å². The van der Waals surface area contributed by atoms with Crippen LogP contribution in [0.4, 0.5) is 0 Å². The zero-order valence-electron chi connectivity index (χ0n) is 16.5. The van der Waals surface area contributed by atoms with E-state index >= 15 is 0 Å². The van der Waals surface area contributed by atoms with Crippen LogP contribution in [0, 0.1) is 6.92 Å². The normalized spacial score (nSPS) is 21.8. The fourth-order valence-corrected chi connectivity index (χ4v) is 4.26. The van der Waals surface area contributed by atoms with Gasteiger partial charge in [0.2, 0.25) is 5.79 Å². The van der Waals surface area contributed by atoms with Gasteiger partial charge in [-0.15, -0.1) is 0 Å². The number of fused-ring (bicyclic) bond motifs is 1. The third kappa shape index (κ3) is 3.72. The van der Waals surface area contributed by atoms with Crippen molar-refractivity contribution in [3.8, 4) is 5.75 Å². The first kappa shape index (κ1) is 19.2. The maximum atomic E-state index is 11.3. The SMILES string of the molecule is C=C(/C=C\C(=O)NN)c1cc2c(cc1C)OC1(CCN(C3CCC3)CC1)OC2. The van der Waals surface area contributed by atoms with Gasteiger partial charge in [-0.05, 0) is 54.7 Å². The molecular weight excluding hydrogens is 354 g/mol. The highest BCUT2D eigenvalue weighted by Gasteiger charge is 2.42. The average molecular weight is 383 g/mol. The van der Waals surface area contributed by atoms with E-state index < -0.39 is 5.79 Å². The van der Waals surface area contributed by atoms with Crippen molar-refractivity contribution in [2.75, 3.05) is 13.1 Å². The molecule has 1 aliphatic carbocycles. The molecule has 2 fully saturated rings. The molecule has 28 heavy (non-hydrogen) atoms. The Bertz CT molecular complexity index is 805. The number of ether oxygens (including phenoxy) is 2. The summed E-state index contributed by atoms with van der Waals surface area (Å²) in [7, 11) is 0. The lowest BCUT2D eigenvalue weighted by Crippen LogP contribution is -2.54. The molecule has 3 N–H and O–H groups in total. The first-order chi connectivity index (χ1) is 13.5. The Labute approximate surface area is 166 Å². The second-order valence-corrected chi connectivity index (χ2v) is 8.06. The Morgan fingerprint density at radius 3 is 2.71 bits per heavy atom. The standard InChI is InChI=1S/C22H29N3O3/c1-15(6-7-21(26)24-23)19-13-17-14-27-22(28-20(17)12-16(19)2)8-10-25(11-9-22)18-4-3-5-18/h6-7,12-13,18H,1,3-5,8-11,14,23H2,2H3,(H,24,26)/b7-6-. The maximum absolute atomic E-state index is 11.3. The molecule has 150 valence electrons. The molecule has 1 amide bonds. The summed E-state index contributed by atoms with van der Waals surface area (Å²) in [5.41, 5.74) is 5.88. The van der Waals surface area contributed by atoms with Crippen molar-refractivity contribution in [2.24, 2.45) is 5.84 Å². The van der Waals surface area contributed by atoms with Gasteiger partial charge in [-0.25, -0.2) is 5.84 Å². The number of nitrogens with zero attached hydrogens (tertiary/aromatic N) is 1. The highest BCUT2D eigenvalue weighted by Crippen LogP contribution is 2.40. The fraction of sp³-hybridized carbons (Fsp3) is 0.500. The van der Waals surface area contributed by atoms with Crippen molar-refractivity contribution in [3.63, 3.8) is 0 Å². The van der Waals surface area contributed by atoms with Crippen molar-refractivity contribution in [3.05, 3.63) is 47.6 Å². The molecule has 4 rings (SSSR count). The predicted octanol–water partition coefficient (Wildman–Crippen LogP) is 2.81. The molecule has 0 unspecified atom stereocenters. The summed E-state index contributed by atoms with van der Waals surface area (Å²) in [6, 6.07) is 4.89. The van der Waals surface area contributed by atoms with Crippen LogP contribution in [0.3, 0.4) is 0 Å². The minimum atomic E-state index is -0.489. The van der Waals surface area contributed by atoms with Crippen LogP contribution in [-0.2, 0) is 16.1 Å². The number of likely N-dealkylation sites (tertiary alicyclic amines) is 1. The number of amides is 1. The summed E-state index contributed by atoms with van der Waals surface area (Å²) >= 11 is 0. The van der Waals surface area contributed by atoms with Crippen molar-refractivity contribution < 1.29 is 14.3 Å². The molecule has 1 saturated heterocycles. The van der Waals surface area contributed by atoms with Gasteiger partial charge in [-0.1, -0.05) is 13.0 Å². The molecule has 0 bridgehead atoms. The van der Waals surface area contributed by atoms with Crippen LogP contribution in [0.5, 0.6) is 5.75 Å². The highest BCUT2D eigenvalue weighted by atomic mass is 16.7. The molecule has 2 aliphatic heterocycles. The van der Waals surface area contributed by atoms with Crippen molar-refractivity contribution in [2.45, 2.75) is 57.5 Å². The molecule has 0 radical (unpaired) electrons. The molecule has 1 aromatic rings. The molecule has 6 nitrogen and oxygen atoms in total. The number of hydrogen-bond donors (Lipinski definition) is 2. The number of rotatable bonds is 4. The fourth-order valence-electron chi connectivity index (χ4n) is 4.26. The van der Waals surface area contributed by atoms with E-state index in [0.717, 1.165) is 60.0 Å². The van der Waals surface area contributed by atoms with Crippen LogP contribution >= 0.6 is 0 Å². The second-order valence-electron chi connectivity index (χ2n) is 8.06. The van der Waals surface area contributed by atoms with Crippen molar-refractivity contribution >= 4 is 11.5 Å². The Balaban J connectivity index is 1.46. The number of aryl methyl sites for hydroxylation is 1. The van der Waals surface area contributed by atoms with Gasteiger partial charge in [0.15, 0.2) is 0 Å². The van der Waals surface area contributed by atoms with E-state index in [9.17, 15) is 4.79 Å². The molecule has 1 aromatic carbocycles. The minimum absolute atomic E-state index is 0.362. The van der Waals surface area contributed by atoms with Gasteiger partial charge < -0.3 is 9.47 Å². The van der Waals surface area contributed by atoms with Gasteiger partial charge in [0, 0.05) is 43.6 Å². The lowest BCUT2D eigenvalue weighted by atomic mass is 9.89. The van der Waals surface area contributed by atoms with Crippen LogP contribution < -0.4 is 16.0 Å². The van der Waals surface area contributed by atoms with E-state index in [0.29, 0.717) is 6.61 Å². The molecule has 0 aromatic heterocycles. The Kier molecular flexibility index (Phi) is 5.27. The smallest absolute Gasteiger partial charge is 0.257 e. The molecule has 1 saturated carbocycles. The molecular formula is C22H29N3O3. The molecule has 6 heteroatoms. The lowest BCUT2D eigenvalue weighted by Gasteiger charge is -2.47. The minimum Gasteiger partial charge on any atom is -0.462 e. The predicted molar refractivity (Wildman–Crippen MR) is 108 cm³/mol. The number of piperidine rings is 1. The van der Waals surface area contributed by atoms with Crippen molar-refractivity contribution in [1.82, 2.24) is 10.3 Å². The summed E-state index contributed by atoms with van der Waals surface area (Å²) < 4.78 is 12.6. The third-order valence-corrected chi connectivity index (χ3v) is 6.27. The third-order valence-electron chi connectivity index (χ3n) is 6.27. The zero-order chi connectivity index (χ0) is 19.7. The number of hydrogen-bond acceptors (Lipinski definition) is 5. The largest absolute Gasteiger partial charge is 0.462 e. The van der Waals surface area contributed by atoms with Crippen LogP contribution in [-0.4, -0.2) is 35.7 Å². The summed E-state index contributed by atoms with van der Waals surface area (Å²) in [5.74, 6) is 5.16. The topological polar surface area (TPSA) is 76.8 Å². The highest BCUT2D eigenvalue weighted by molar-refractivity contribution is 5.90. The van der Waals surface area contributed by atoms with Crippen LogP contribution in [0.15, 0.2) is 30.9 Å². The Morgan fingerprint density at radius 1 is 1.32 bits per heavy atom. The average Bonchev–Trinajstić information content (AvgIpc) is 2.65. The second kappa shape index (κ2) is 7.70. The number of hydrazine groups is 1. The number of nitrogens with one attached hydrogen (secondary N) is 1. The monoisotopic (exact) mass is 383 g/mol. The quantitative estimate of drug-likeness (QED) is 0.275. The Hall–Kier alpha value is -2.15. The molecule has 2 heterocycles. The molecule has 1 spiro atoms. The van der Waals surface area contributed by atoms with Gasteiger partial charge in [0.1, 0.15) is 5.75 Å². The van der Waals surface area contributed by atoms with Crippen LogP contribution in [0.25, 0.3) is 5.57 Å². The van der Waals surface area contributed by atoms with Crippen molar-refractivity contribution in [1.29, 1.82) is 0 Å². The van der Waals surface area contributed by atoms with Gasteiger partial charge in [-0.2, -0.15) is 0 Å². The summed E-state index contributed by atoms with van der Waals surface area (Å²) in [6.45, 7) is 8.72. The molecule has 3 aliphatic rings.